The molecule has 164 valence electrons. The van der Waals surface area contributed by atoms with E-state index < -0.39 is 8.32 Å². The van der Waals surface area contributed by atoms with E-state index in [4.69, 9.17) is 4.43 Å². The van der Waals surface area contributed by atoms with E-state index in [0.29, 0.717) is 22.5 Å². The summed E-state index contributed by atoms with van der Waals surface area (Å²) in [7, 11) is -1.68. The van der Waals surface area contributed by atoms with E-state index in [0.717, 1.165) is 59.9 Å². The molecular formula is C26H44O2Si. The molecule has 29 heavy (non-hydrogen) atoms. The van der Waals surface area contributed by atoms with E-state index in [1.165, 1.54) is 38.4 Å². The van der Waals surface area contributed by atoms with Gasteiger partial charge in [-0.15, -0.1) is 0 Å². The highest BCUT2D eigenvalue weighted by Crippen LogP contribution is 2.72. The highest BCUT2D eigenvalue weighted by Gasteiger charge is 2.66. The first-order valence-corrected chi connectivity index (χ1v) is 15.0. The minimum atomic E-state index is -1.68. The van der Waals surface area contributed by atoms with Crippen LogP contribution in [0.25, 0.3) is 0 Å². The topological polar surface area (TPSA) is 26.3 Å². The van der Waals surface area contributed by atoms with Gasteiger partial charge in [0.25, 0.3) is 0 Å². The van der Waals surface area contributed by atoms with Crippen LogP contribution < -0.4 is 0 Å². The van der Waals surface area contributed by atoms with Crippen molar-refractivity contribution < 1.29 is 9.22 Å². The summed E-state index contributed by atoms with van der Waals surface area (Å²) in [5.74, 6) is 9.32. The molecule has 0 aliphatic heterocycles. The quantitative estimate of drug-likeness (QED) is 0.282. The van der Waals surface area contributed by atoms with Crippen molar-refractivity contribution in [3.63, 3.8) is 0 Å². The lowest BCUT2D eigenvalue weighted by Crippen LogP contribution is -2.48. The Labute approximate surface area is 180 Å². The SMILES string of the molecule is CC(C)[Si](OC[C@H]1C[C@@H]1[C@H]1C[C@@H]1[C@H]1C[C@@H]1[C@H]1C[C@@H]1[C@H]1C[C@@H]1C=O)(C(C)C)C(C)C. The highest BCUT2D eigenvalue weighted by atomic mass is 28.4. The van der Waals surface area contributed by atoms with Gasteiger partial charge in [-0.1, -0.05) is 41.5 Å². The van der Waals surface area contributed by atoms with Crippen LogP contribution >= 0.6 is 0 Å². The lowest BCUT2D eigenvalue weighted by Gasteiger charge is -2.42. The van der Waals surface area contributed by atoms with E-state index in [1.54, 1.807) is 0 Å². The summed E-state index contributed by atoms with van der Waals surface area (Å²) in [4.78, 5) is 11.0. The van der Waals surface area contributed by atoms with Gasteiger partial charge in [-0.25, -0.2) is 0 Å². The van der Waals surface area contributed by atoms with Crippen molar-refractivity contribution in [2.75, 3.05) is 6.61 Å². The molecule has 5 fully saturated rings. The molecule has 5 rings (SSSR count). The summed E-state index contributed by atoms with van der Waals surface area (Å²) in [5, 5.41) is 0. The maximum absolute atomic E-state index is 11.0. The minimum Gasteiger partial charge on any atom is -0.416 e. The molecule has 0 aromatic heterocycles. The van der Waals surface area contributed by atoms with Crippen molar-refractivity contribution in [3.8, 4) is 0 Å². The zero-order chi connectivity index (χ0) is 20.7. The second-order valence-electron chi connectivity index (χ2n) is 12.7. The Bertz CT molecular complexity index is 621. The predicted molar refractivity (Wildman–Crippen MR) is 121 cm³/mol. The molecule has 2 nitrogen and oxygen atoms in total. The van der Waals surface area contributed by atoms with Crippen LogP contribution in [0.2, 0.25) is 16.6 Å². The van der Waals surface area contributed by atoms with Gasteiger partial charge in [0.2, 0.25) is 0 Å². The lowest BCUT2D eigenvalue weighted by atomic mass is 10.1. The second-order valence-corrected chi connectivity index (χ2v) is 18.1. The van der Waals surface area contributed by atoms with Crippen molar-refractivity contribution in [2.45, 2.75) is 90.3 Å². The molecule has 3 heteroatoms. The molecule has 0 aromatic carbocycles. The lowest BCUT2D eigenvalue weighted by molar-refractivity contribution is -0.109. The summed E-state index contributed by atoms with van der Waals surface area (Å²) in [5.41, 5.74) is 2.12. The molecular weight excluding hydrogens is 372 g/mol. The average molecular weight is 417 g/mol. The third-order valence-corrected chi connectivity index (χ3v) is 16.3. The number of hydrogen-bond donors (Lipinski definition) is 0. The van der Waals surface area contributed by atoms with Gasteiger partial charge in [0.1, 0.15) is 6.29 Å². The molecule has 0 aromatic rings. The van der Waals surface area contributed by atoms with E-state index in [9.17, 15) is 4.79 Å². The Balaban J connectivity index is 1.06. The average Bonchev–Trinajstić information content (AvgIpc) is 3.43. The molecule has 10 atom stereocenters. The van der Waals surface area contributed by atoms with Gasteiger partial charge in [0, 0.05) is 12.5 Å². The number of aldehydes is 1. The predicted octanol–water partition coefficient (Wildman–Crippen LogP) is 6.56. The standard InChI is InChI=1S/C26H44O2Si/c1-14(2)29(15(3)4,16(5)6)28-13-18-8-20(18)22-10-24(22)26-11-25(26)23-9-21(23)19-7-17(19)12-27/h12,14-26H,7-11,13H2,1-6H3/t17-,18-,19+,20+,21-,22-,23+,24+,25-,26-/m1/s1. The zero-order valence-corrected chi connectivity index (χ0v) is 20.6. The van der Waals surface area contributed by atoms with E-state index in [2.05, 4.69) is 41.5 Å². The van der Waals surface area contributed by atoms with E-state index >= 15 is 0 Å². The number of carbonyl (C=O) groups excluding carboxylic acids is 1. The molecule has 0 unspecified atom stereocenters. The van der Waals surface area contributed by atoms with Crippen LogP contribution in [0.3, 0.4) is 0 Å². The van der Waals surface area contributed by atoms with Crippen molar-refractivity contribution in [1.29, 1.82) is 0 Å². The fourth-order valence-corrected chi connectivity index (χ4v) is 13.8. The summed E-state index contributed by atoms with van der Waals surface area (Å²) >= 11 is 0. The summed E-state index contributed by atoms with van der Waals surface area (Å²) in [6.45, 7) is 15.5. The zero-order valence-electron chi connectivity index (χ0n) is 19.6. The van der Waals surface area contributed by atoms with Gasteiger partial charge >= 0.3 is 0 Å². The Kier molecular flexibility index (Phi) is 5.14. The van der Waals surface area contributed by atoms with Crippen LogP contribution in [0.15, 0.2) is 0 Å². The minimum absolute atomic E-state index is 0.446. The first-order valence-electron chi connectivity index (χ1n) is 12.9. The Hall–Kier alpha value is -0.153. The van der Waals surface area contributed by atoms with Gasteiger partial charge in [0.05, 0.1) is 0 Å². The van der Waals surface area contributed by atoms with Gasteiger partial charge in [-0.2, -0.15) is 0 Å². The third-order valence-electron chi connectivity index (χ3n) is 10.2. The van der Waals surface area contributed by atoms with Crippen LogP contribution in [-0.2, 0) is 9.22 Å². The van der Waals surface area contributed by atoms with Crippen LogP contribution in [0, 0.1) is 59.2 Å². The number of hydrogen-bond acceptors (Lipinski definition) is 2. The summed E-state index contributed by atoms with van der Waals surface area (Å²) in [6, 6.07) is 0. The molecule has 0 N–H and O–H groups in total. The molecule has 0 heterocycles. The Morgan fingerprint density at radius 3 is 1.55 bits per heavy atom. The van der Waals surface area contributed by atoms with Crippen LogP contribution in [0.5, 0.6) is 0 Å². The molecule has 5 aliphatic rings. The van der Waals surface area contributed by atoms with Crippen LogP contribution in [-0.4, -0.2) is 21.2 Å². The summed E-state index contributed by atoms with van der Waals surface area (Å²) < 4.78 is 6.91. The number of carbonyl (C=O) groups is 1. The molecule has 0 radical (unpaired) electrons. The first kappa shape index (κ1) is 20.7. The highest BCUT2D eigenvalue weighted by molar-refractivity contribution is 6.77. The molecule has 0 spiro atoms. The molecule has 0 bridgehead atoms. The second kappa shape index (κ2) is 7.19. The maximum Gasteiger partial charge on any atom is 0.200 e. The molecule has 5 aliphatic carbocycles. The van der Waals surface area contributed by atoms with Crippen molar-refractivity contribution in [2.24, 2.45) is 59.2 Å². The van der Waals surface area contributed by atoms with Gasteiger partial charge in [0.15, 0.2) is 8.32 Å². The Morgan fingerprint density at radius 2 is 1.14 bits per heavy atom. The van der Waals surface area contributed by atoms with Crippen LogP contribution in [0.1, 0.15) is 73.6 Å². The smallest absolute Gasteiger partial charge is 0.200 e. The molecule has 5 saturated carbocycles. The van der Waals surface area contributed by atoms with Gasteiger partial charge in [-0.05, 0) is 102 Å². The van der Waals surface area contributed by atoms with Gasteiger partial charge < -0.3 is 9.22 Å². The fourth-order valence-electron chi connectivity index (χ4n) is 8.28. The monoisotopic (exact) mass is 416 g/mol. The van der Waals surface area contributed by atoms with Crippen molar-refractivity contribution >= 4 is 14.6 Å². The van der Waals surface area contributed by atoms with E-state index in [-0.39, 0.29) is 0 Å². The maximum atomic E-state index is 11.0. The normalized spacial score (nSPS) is 47.6. The van der Waals surface area contributed by atoms with Crippen LogP contribution in [0.4, 0.5) is 0 Å². The fraction of sp³-hybridized carbons (Fsp3) is 0.962. The molecule has 0 amide bonds. The van der Waals surface area contributed by atoms with Gasteiger partial charge in [-0.3, -0.25) is 0 Å². The van der Waals surface area contributed by atoms with E-state index in [1.807, 2.05) is 0 Å². The molecule has 0 saturated heterocycles. The van der Waals surface area contributed by atoms with Crippen molar-refractivity contribution in [3.05, 3.63) is 0 Å². The third kappa shape index (κ3) is 3.60. The Morgan fingerprint density at radius 1 is 0.690 bits per heavy atom. The first-order chi connectivity index (χ1) is 13.8. The summed E-state index contributed by atoms with van der Waals surface area (Å²) in [6.07, 6.45) is 8.41. The number of rotatable bonds is 11. The largest absolute Gasteiger partial charge is 0.416 e. The van der Waals surface area contributed by atoms with Crippen molar-refractivity contribution in [1.82, 2.24) is 0 Å².